The molecule has 5 nitrogen and oxygen atoms in total. The normalized spacial score (nSPS) is 23.6. The predicted octanol–water partition coefficient (Wildman–Crippen LogP) is 3.19. The van der Waals surface area contributed by atoms with E-state index in [1.165, 1.54) is 20.1 Å². The van der Waals surface area contributed by atoms with Crippen LogP contribution in [0.25, 0.3) is 0 Å². The highest BCUT2D eigenvalue weighted by molar-refractivity contribution is 6.10. The van der Waals surface area contributed by atoms with Crippen molar-refractivity contribution in [3.63, 3.8) is 0 Å². The summed E-state index contributed by atoms with van der Waals surface area (Å²) in [5.41, 5.74) is -1.72. The van der Waals surface area contributed by atoms with Crippen molar-refractivity contribution in [2.24, 2.45) is 5.41 Å². The molecule has 0 spiro atoms. The van der Waals surface area contributed by atoms with Crippen LogP contribution in [0.5, 0.6) is 0 Å². The van der Waals surface area contributed by atoms with Crippen LogP contribution in [0.3, 0.4) is 0 Å². The minimum atomic E-state index is -1.67. The number of methoxy groups -OCH3 is 1. The first-order valence-corrected chi connectivity index (χ1v) is 8.21. The second kappa shape index (κ2) is 6.82. The fourth-order valence-electron chi connectivity index (χ4n) is 3.28. The van der Waals surface area contributed by atoms with E-state index in [0.29, 0.717) is 0 Å². The first-order chi connectivity index (χ1) is 11.6. The molecule has 0 radical (unpaired) electrons. The number of benzene rings is 1. The topological polar surface area (TPSA) is 69.7 Å². The van der Waals surface area contributed by atoms with Gasteiger partial charge in [0.25, 0.3) is 0 Å². The molecule has 134 valence electrons. The molecule has 0 fully saturated rings. The van der Waals surface area contributed by atoms with E-state index in [0.717, 1.165) is 5.56 Å². The summed E-state index contributed by atoms with van der Waals surface area (Å²) >= 11 is 0. The van der Waals surface area contributed by atoms with Gasteiger partial charge in [0.05, 0.1) is 7.11 Å². The van der Waals surface area contributed by atoms with Gasteiger partial charge in [0, 0.05) is 18.4 Å². The van der Waals surface area contributed by atoms with Gasteiger partial charge in [0.2, 0.25) is 0 Å². The molecule has 1 aromatic rings. The largest absolute Gasteiger partial charge is 0.499 e. The highest BCUT2D eigenvalue weighted by atomic mass is 16.6. The van der Waals surface area contributed by atoms with Gasteiger partial charge in [-0.25, -0.2) is 0 Å². The Morgan fingerprint density at radius 3 is 2.24 bits per heavy atom. The number of hydrogen-bond acceptors (Lipinski definition) is 5. The lowest BCUT2D eigenvalue weighted by molar-refractivity contribution is -0.172. The van der Waals surface area contributed by atoms with Crippen molar-refractivity contribution in [3.05, 3.63) is 47.7 Å². The summed E-state index contributed by atoms with van der Waals surface area (Å²) in [6.07, 6.45) is 1.28. The van der Waals surface area contributed by atoms with E-state index in [4.69, 9.17) is 9.47 Å². The van der Waals surface area contributed by atoms with Gasteiger partial charge < -0.3 is 9.47 Å². The van der Waals surface area contributed by atoms with Gasteiger partial charge in [-0.1, -0.05) is 30.3 Å². The van der Waals surface area contributed by atoms with Crippen molar-refractivity contribution >= 4 is 17.5 Å². The summed E-state index contributed by atoms with van der Waals surface area (Å²) < 4.78 is 10.9. The van der Waals surface area contributed by atoms with Crippen molar-refractivity contribution in [1.82, 2.24) is 0 Å². The molecular weight excluding hydrogens is 320 g/mol. The average molecular weight is 344 g/mol. The Kier molecular flexibility index (Phi) is 5.16. The number of ketones is 2. The molecule has 1 aliphatic rings. The molecule has 0 amide bonds. The third-order valence-electron chi connectivity index (χ3n) is 4.31. The Hall–Kier alpha value is -2.43. The fourth-order valence-corrected chi connectivity index (χ4v) is 3.28. The lowest BCUT2D eigenvalue weighted by Crippen LogP contribution is -2.51. The second-order valence-corrected chi connectivity index (χ2v) is 7.21. The van der Waals surface area contributed by atoms with Crippen molar-refractivity contribution in [1.29, 1.82) is 0 Å². The number of ether oxygens (including phenoxy) is 2. The van der Waals surface area contributed by atoms with E-state index in [1.54, 1.807) is 32.9 Å². The van der Waals surface area contributed by atoms with Crippen LogP contribution in [-0.2, 0) is 23.9 Å². The maximum absolute atomic E-state index is 13.2. The molecule has 1 aromatic carbocycles. The van der Waals surface area contributed by atoms with Gasteiger partial charge in [-0.15, -0.1) is 0 Å². The number of hydrogen-bond donors (Lipinski definition) is 0. The first kappa shape index (κ1) is 18.9. The minimum absolute atomic E-state index is 0.0374. The van der Waals surface area contributed by atoms with Crippen LogP contribution in [0.4, 0.5) is 0 Å². The standard InChI is InChI=1S/C20H24O5/c1-13(21)20(18(23)25-19(2,3)4)16(14-9-7-6-8-10-14)11-15(22)12-17(20)24-5/h6-10,12,16H,11H2,1-5H3/t16-,20+/m1/s1. The van der Waals surface area contributed by atoms with E-state index >= 15 is 0 Å². The van der Waals surface area contributed by atoms with Crippen LogP contribution in [0, 0.1) is 5.41 Å². The number of carbonyl (C=O) groups is 3. The molecule has 5 heteroatoms. The van der Waals surface area contributed by atoms with Gasteiger partial charge in [-0.3, -0.25) is 14.4 Å². The molecule has 0 bridgehead atoms. The van der Waals surface area contributed by atoms with E-state index in [-0.39, 0.29) is 18.0 Å². The summed E-state index contributed by atoms with van der Waals surface area (Å²) in [5.74, 6) is -1.92. The zero-order chi connectivity index (χ0) is 18.8. The Labute approximate surface area is 148 Å². The van der Waals surface area contributed by atoms with Crippen molar-refractivity contribution in [2.45, 2.75) is 45.6 Å². The number of esters is 1. The summed E-state index contributed by atoms with van der Waals surface area (Å²) in [4.78, 5) is 38.2. The van der Waals surface area contributed by atoms with Gasteiger partial charge in [-0.05, 0) is 33.3 Å². The molecule has 0 saturated heterocycles. The molecule has 25 heavy (non-hydrogen) atoms. The van der Waals surface area contributed by atoms with E-state index in [9.17, 15) is 14.4 Å². The fraction of sp³-hybridized carbons (Fsp3) is 0.450. The lowest BCUT2D eigenvalue weighted by atomic mass is 9.63. The van der Waals surface area contributed by atoms with Gasteiger partial charge in [-0.2, -0.15) is 0 Å². The Morgan fingerprint density at radius 2 is 1.76 bits per heavy atom. The molecule has 0 unspecified atom stereocenters. The third-order valence-corrected chi connectivity index (χ3v) is 4.31. The Balaban J connectivity index is 2.71. The zero-order valence-electron chi connectivity index (χ0n) is 15.3. The van der Waals surface area contributed by atoms with Crippen molar-refractivity contribution in [2.75, 3.05) is 7.11 Å². The molecule has 0 N–H and O–H groups in total. The zero-order valence-corrected chi connectivity index (χ0v) is 15.3. The minimum Gasteiger partial charge on any atom is -0.499 e. The van der Waals surface area contributed by atoms with Crippen molar-refractivity contribution in [3.8, 4) is 0 Å². The number of Topliss-reactive ketones (excluding diaryl/α,β-unsaturated/α-hetero) is 1. The van der Waals surface area contributed by atoms with Crippen LogP contribution < -0.4 is 0 Å². The molecule has 1 aliphatic carbocycles. The second-order valence-electron chi connectivity index (χ2n) is 7.21. The lowest BCUT2D eigenvalue weighted by Gasteiger charge is -2.41. The third kappa shape index (κ3) is 3.50. The Bertz CT molecular complexity index is 711. The molecule has 0 heterocycles. The highest BCUT2D eigenvalue weighted by Gasteiger charge is 2.59. The van der Waals surface area contributed by atoms with E-state index in [1.807, 2.05) is 18.2 Å². The number of allylic oxidation sites excluding steroid dienone is 1. The van der Waals surface area contributed by atoms with Gasteiger partial charge >= 0.3 is 5.97 Å². The van der Waals surface area contributed by atoms with E-state index < -0.39 is 28.7 Å². The van der Waals surface area contributed by atoms with Gasteiger partial charge in [0.1, 0.15) is 11.4 Å². The summed E-state index contributed by atoms with van der Waals surface area (Å²) in [6, 6.07) is 9.07. The summed E-state index contributed by atoms with van der Waals surface area (Å²) in [7, 11) is 1.36. The smallest absolute Gasteiger partial charge is 0.328 e. The number of carbonyl (C=O) groups excluding carboxylic acids is 3. The Morgan fingerprint density at radius 1 is 1.16 bits per heavy atom. The first-order valence-electron chi connectivity index (χ1n) is 8.21. The van der Waals surface area contributed by atoms with Crippen LogP contribution in [0.2, 0.25) is 0 Å². The monoisotopic (exact) mass is 344 g/mol. The summed E-state index contributed by atoms with van der Waals surface area (Å²) in [5, 5.41) is 0. The van der Waals surface area contributed by atoms with Crippen LogP contribution >= 0.6 is 0 Å². The molecule has 2 rings (SSSR count). The molecule has 2 atom stereocenters. The molecule has 0 aromatic heterocycles. The quantitative estimate of drug-likeness (QED) is 0.620. The maximum atomic E-state index is 13.2. The number of rotatable bonds is 4. The average Bonchev–Trinajstić information content (AvgIpc) is 2.52. The van der Waals surface area contributed by atoms with Crippen LogP contribution in [0.15, 0.2) is 42.2 Å². The maximum Gasteiger partial charge on any atom is 0.328 e. The van der Waals surface area contributed by atoms with Crippen LogP contribution in [-0.4, -0.2) is 30.2 Å². The molecule has 0 saturated carbocycles. The molecular formula is C20H24O5. The highest BCUT2D eigenvalue weighted by Crippen LogP contribution is 2.49. The van der Waals surface area contributed by atoms with Crippen LogP contribution in [0.1, 0.15) is 45.6 Å². The van der Waals surface area contributed by atoms with Crippen molar-refractivity contribution < 1.29 is 23.9 Å². The summed E-state index contributed by atoms with van der Waals surface area (Å²) in [6.45, 7) is 6.55. The predicted molar refractivity (Wildman–Crippen MR) is 92.9 cm³/mol. The SMILES string of the molecule is COC1=CC(=O)C[C@H](c2ccccc2)[C@]1(C(C)=O)C(=O)OC(C)(C)C. The molecule has 0 aliphatic heterocycles. The van der Waals surface area contributed by atoms with E-state index in [2.05, 4.69) is 0 Å². The van der Waals surface area contributed by atoms with Gasteiger partial charge in [0.15, 0.2) is 17.0 Å².